The first-order valence-corrected chi connectivity index (χ1v) is 8.06. The van der Waals surface area contributed by atoms with Crippen LogP contribution in [0.15, 0.2) is 29.2 Å². The van der Waals surface area contributed by atoms with Gasteiger partial charge >= 0.3 is 0 Å². The standard InChI is InChI=1S/C13H18N2O3S/c1-14-12-7-8-15(13(12)16)9-10-3-5-11(6-4-10)19(2,17)18/h3-6,12,14H,7-9H2,1-2H3. The summed E-state index contributed by atoms with van der Waals surface area (Å²) in [5, 5.41) is 2.99. The zero-order valence-electron chi connectivity index (χ0n) is 11.1. The van der Waals surface area contributed by atoms with E-state index < -0.39 is 9.84 Å². The minimum Gasteiger partial charge on any atom is -0.337 e. The Labute approximate surface area is 113 Å². The Morgan fingerprint density at radius 3 is 2.42 bits per heavy atom. The Kier molecular flexibility index (Phi) is 3.91. The van der Waals surface area contributed by atoms with E-state index in [0.717, 1.165) is 18.5 Å². The largest absolute Gasteiger partial charge is 0.337 e. The maximum Gasteiger partial charge on any atom is 0.240 e. The minimum absolute atomic E-state index is 0.0877. The van der Waals surface area contributed by atoms with Gasteiger partial charge in [-0.2, -0.15) is 0 Å². The fraction of sp³-hybridized carbons (Fsp3) is 0.462. The average Bonchev–Trinajstić information content (AvgIpc) is 2.70. The molecule has 1 aliphatic heterocycles. The Morgan fingerprint density at radius 1 is 1.32 bits per heavy atom. The highest BCUT2D eigenvalue weighted by molar-refractivity contribution is 7.90. The van der Waals surface area contributed by atoms with Crippen LogP contribution in [0.25, 0.3) is 0 Å². The van der Waals surface area contributed by atoms with Gasteiger partial charge < -0.3 is 10.2 Å². The molecular formula is C13H18N2O3S. The van der Waals surface area contributed by atoms with E-state index in [0.29, 0.717) is 11.4 Å². The molecule has 6 heteroatoms. The van der Waals surface area contributed by atoms with Crippen LogP contribution < -0.4 is 5.32 Å². The molecule has 1 aliphatic rings. The molecule has 0 bridgehead atoms. The third kappa shape index (κ3) is 3.13. The van der Waals surface area contributed by atoms with Gasteiger partial charge in [0, 0.05) is 19.3 Å². The number of likely N-dealkylation sites (tertiary alicyclic amines) is 1. The average molecular weight is 282 g/mol. The van der Waals surface area contributed by atoms with E-state index in [4.69, 9.17) is 0 Å². The van der Waals surface area contributed by atoms with Crippen LogP contribution in [0.2, 0.25) is 0 Å². The van der Waals surface area contributed by atoms with Gasteiger partial charge in [0.05, 0.1) is 10.9 Å². The van der Waals surface area contributed by atoms with E-state index in [2.05, 4.69) is 5.32 Å². The lowest BCUT2D eigenvalue weighted by Gasteiger charge is -2.16. The number of carbonyl (C=O) groups excluding carboxylic acids is 1. The topological polar surface area (TPSA) is 66.5 Å². The summed E-state index contributed by atoms with van der Waals surface area (Å²) in [5.41, 5.74) is 0.942. The molecule has 1 aromatic carbocycles. The van der Waals surface area contributed by atoms with Crippen molar-refractivity contribution in [2.75, 3.05) is 19.8 Å². The molecule has 0 aliphatic carbocycles. The molecule has 5 nitrogen and oxygen atoms in total. The van der Waals surface area contributed by atoms with Crippen molar-refractivity contribution in [3.63, 3.8) is 0 Å². The Bertz CT molecular complexity index is 566. The molecular weight excluding hydrogens is 264 g/mol. The highest BCUT2D eigenvalue weighted by Gasteiger charge is 2.29. The summed E-state index contributed by atoms with van der Waals surface area (Å²) in [5.74, 6) is 0.106. The predicted molar refractivity (Wildman–Crippen MR) is 72.4 cm³/mol. The van der Waals surface area contributed by atoms with Crippen LogP contribution in [-0.4, -0.2) is 45.1 Å². The fourth-order valence-corrected chi connectivity index (χ4v) is 2.86. The third-order valence-electron chi connectivity index (χ3n) is 3.37. The van der Waals surface area contributed by atoms with Crippen molar-refractivity contribution in [3.05, 3.63) is 29.8 Å². The van der Waals surface area contributed by atoms with Gasteiger partial charge in [0.1, 0.15) is 0 Å². The summed E-state index contributed by atoms with van der Waals surface area (Å²) < 4.78 is 22.7. The molecule has 1 amide bonds. The smallest absolute Gasteiger partial charge is 0.240 e. The quantitative estimate of drug-likeness (QED) is 0.868. The van der Waals surface area contributed by atoms with Crippen molar-refractivity contribution in [2.24, 2.45) is 0 Å². The number of likely N-dealkylation sites (N-methyl/N-ethyl adjacent to an activating group) is 1. The van der Waals surface area contributed by atoms with Crippen molar-refractivity contribution in [1.82, 2.24) is 10.2 Å². The maximum absolute atomic E-state index is 11.9. The molecule has 1 saturated heterocycles. The number of carbonyl (C=O) groups is 1. The number of nitrogens with zero attached hydrogens (tertiary/aromatic N) is 1. The van der Waals surface area contributed by atoms with Crippen LogP contribution >= 0.6 is 0 Å². The van der Waals surface area contributed by atoms with Crippen molar-refractivity contribution in [1.29, 1.82) is 0 Å². The molecule has 1 fully saturated rings. The summed E-state index contributed by atoms with van der Waals surface area (Å²) >= 11 is 0. The lowest BCUT2D eigenvalue weighted by atomic mass is 10.2. The Balaban J connectivity index is 2.07. The van der Waals surface area contributed by atoms with Crippen LogP contribution in [0, 0.1) is 0 Å². The van der Waals surface area contributed by atoms with E-state index in [1.54, 1.807) is 36.2 Å². The summed E-state index contributed by atoms with van der Waals surface area (Å²) in [4.78, 5) is 14.0. The second kappa shape index (κ2) is 5.30. The van der Waals surface area contributed by atoms with Crippen molar-refractivity contribution in [2.45, 2.75) is 23.9 Å². The molecule has 1 unspecified atom stereocenters. The van der Waals surface area contributed by atoms with Crippen LogP contribution in [0.4, 0.5) is 0 Å². The van der Waals surface area contributed by atoms with Gasteiger partial charge in [-0.05, 0) is 31.2 Å². The molecule has 104 valence electrons. The Hall–Kier alpha value is -1.40. The number of sulfone groups is 1. The molecule has 0 spiro atoms. The summed E-state index contributed by atoms with van der Waals surface area (Å²) in [6.07, 6.45) is 2.00. The zero-order chi connectivity index (χ0) is 14.0. The second-order valence-electron chi connectivity index (χ2n) is 4.81. The van der Waals surface area contributed by atoms with Crippen LogP contribution in [0.3, 0.4) is 0 Å². The number of hydrogen-bond donors (Lipinski definition) is 1. The second-order valence-corrected chi connectivity index (χ2v) is 6.82. The summed E-state index contributed by atoms with van der Waals surface area (Å²) in [7, 11) is -1.38. The van der Waals surface area contributed by atoms with Gasteiger partial charge in [-0.1, -0.05) is 12.1 Å². The van der Waals surface area contributed by atoms with Gasteiger partial charge in [0.15, 0.2) is 9.84 Å². The lowest BCUT2D eigenvalue weighted by Crippen LogP contribution is -2.35. The molecule has 0 radical (unpaired) electrons. The van der Waals surface area contributed by atoms with Gasteiger partial charge in [-0.25, -0.2) is 8.42 Å². The monoisotopic (exact) mass is 282 g/mol. The lowest BCUT2D eigenvalue weighted by molar-refractivity contribution is -0.129. The number of amides is 1. The van der Waals surface area contributed by atoms with Crippen molar-refractivity contribution >= 4 is 15.7 Å². The molecule has 1 atom stereocenters. The highest BCUT2D eigenvalue weighted by atomic mass is 32.2. The van der Waals surface area contributed by atoms with E-state index in [1.165, 1.54) is 6.26 Å². The maximum atomic E-state index is 11.9. The van der Waals surface area contributed by atoms with Gasteiger partial charge in [-0.15, -0.1) is 0 Å². The fourth-order valence-electron chi connectivity index (χ4n) is 2.23. The molecule has 1 N–H and O–H groups in total. The number of benzene rings is 1. The van der Waals surface area contributed by atoms with Gasteiger partial charge in [0.25, 0.3) is 0 Å². The molecule has 0 aromatic heterocycles. The van der Waals surface area contributed by atoms with Gasteiger partial charge in [0.2, 0.25) is 5.91 Å². The Morgan fingerprint density at radius 2 is 1.95 bits per heavy atom. The number of hydrogen-bond acceptors (Lipinski definition) is 4. The molecule has 1 aromatic rings. The van der Waals surface area contributed by atoms with Crippen LogP contribution in [0.1, 0.15) is 12.0 Å². The summed E-state index contributed by atoms with van der Waals surface area (Å²) in [6.45, 7) is 1.26. The number of rotatable bonds is 4. The molecule has 2 rings (SSSR count). The van der Waals surface area contributed by atoms with E-state index in [9.17, 15) is 13.2 Å². The van der Waals surface area contributed by atoms with E-state index >= 15 is 0 Å². The molecule has 1 heterocycles. The first-order valence-electron chi connectivity index (χ1n) is 6.17. The molecule has 0 saturated carbocycles. The zero-order valence-corrected chi connectivity index (χ0v) is 11.9. The highest BCUT2D eigenvalue weighted by Crippen LogP contribution is 2.16. The summed E-state index contributed by atoms with van der Waals surface area (Å²) in [6, 6.07) is 6.60. The minimum atomic E-state index is -3.16. The van der Waals surface area contributed by atoms with Gasteiger partial charge in [-0.3, -0.25) is 4.79 Å². The first-order chi connectivity index (χ1) is 8.91. The van der Waals surface area contributed by atoms with Crippen molar-refractivity contribution < 1.29 is 13.2 Å². The van der Waals surface area contributed by atoms with Crippen molar-refractivity contribution in [3.8, 4) is 0 Å². The van der Waals surface area contributed by atoms with Crippen LogP contribution in [0.5, 0.6) is 0 Å². The van der Waals surface area contributed by atoms with E-state index in [-0.39, 0.29) is 11.9 Å². The predicted octanol–water partition coefficient (Wildman–Crippen LogP) is 0.410. The third-order valence-corrected chi connectivity index (χ3v) is 4.50. The first kappa shape index (κ1) is 14.0. The normalized spacial score (nSPS) is 20.0. The SMILES string of the molecule is CNC1CCN(Cc2ccc(S(C)(=O)=O)cc2)C1=O. The number of nitrogens with one attached hydrogen (secondary N) is 1. The molecule has 19 heavy (non-hydrogen) atoms. The van der Waals surface area contributed by atoms with Crippen LogP contribution in [-0.2, 0) is 21.2 Å². The van der Waals surface area contributed by atoms with E-state index in [1.807, 2.05) is 0 Å².